The van der Waals surface area contributed by atoms with E-state index in [9.17, 15) is 9.18 Å². The van der Waals surface area contributed by atoms with Gasteiger partial charge in [0.1, 0.15) is 11.5 Å². The maximum absolute atomic E-state index is 16.0. The van der Waals surface area contributed by atoms with Gasteiger partial charge in [0.05, 0.1) is 5.02 Å². The highest BCUT2D eigenvalue weighted by Gasteiger charge is 2.35. The third-order valence-electron chi connectivity index (χ3n) is 4.33. The monoisotopic (exact) mass is 399 g/mol. The molecule has 0 atom stereocenters. The number of hydrogen-bond acceptors (Lipinski definition) is 2. The Balaban J connectivity index is 1.72. The van der Waals surface area contributed by atoms with E-state index in [1.165, 1.54) is 18.3 Å². The second-order valence-corrected chi connectivity index (χ2v) is 6.74. The van der Waals surface area contributed by atoms with E-state index in [2.05, 4.69) is 4.98 Å². The van der Waals surface area contributed by atoms with Gasteiger partial charge in [0.2, 0.25) is 0 Å². The lowest BCUT2D eigenvalue weighted by Crippen LogP contribution is -2.44. The van der Waals surface area contributed by atoms with Crippen molar-refractivity contribution >= 4 is 17.5 Å². The topological polar surface area (TPSA) is 33.2 Å². The summed E-state index contributed by atoms with van der Waals surface area (Å²) in [7, 11) is 0. The number of aryl methyl sites for hydroxylation is 2. The molecule has 0 radical (unpaired) electrons. The quantitative estimate of drug-likeness (QED) is 0.696. The third-order valence-corrected chi connectivity index (χ3v) is 4.62. The van der Waals surface area contributed by atoms with E-state index in [-0.39, 0.29) is 29.0 Å². The Morgan fingerprint density at radius 2 is 2.15 bits per heavy atom. The van der Waals surface area contributed by atoms with E-state index in [0.29, 0.717) is 5.69 Å². The van der Waals surface area contributed by atoms with Crippen molar-refractivity contribution < 1.29 is 23.2 Å². The lowest BCUT2D eigenvalue weighted by Gasteiger charge is -2.36. The molecule has 27 heavy (non-hydrogen) atoms. The number of hydrogen-bond donors (Lipinski definition) is 0. The van der Waals surface area contributed by atoms with Gasteiger partial charge in [-0.05, 0) is 68.7 Å². The van der Waals surface area contributed by atoms with Crippen molar-refractivity contribution in [3.63, 3.8) is 0 Å². The van der Waals surface area contributed by atoms with Gasteiger partial charge < -0.3 is 4.90 Å². The summed E-state index contributed by atoms with van der Waals surface area (Å²) in [6, 6.07) is 6.07. The number of alkyl halides is 1. The van der Waals surface area contributed by atoms with Gasteiger partial charge in [0.15, 0.2) is 0 Å². The molecule has 0 unspecified atom stereocenters. The average Bonchev–Trinajstić information content (AvgIpc) is 2.73. The van der Waals surface area contributed by atoms with Crippen LogP contribution in [0.5, 0.6) is 0 Å². The van der Waals surface area contributed by atoms with Crippen LogP contribution in [0.2, 0.25) is 5.02 Å². The highest BCUT2D eigenvalue weighted by molar-refractivity contribution is 6.31. The molecule has 3 nitrogen and oxygen atoms in total. The first-order valence-corrected chi connectivity index (χ1v) is 8.84. The molecule has 1 aliphatic heterocycles. The molecule has 144 valence electrons. The van der Waals surface area contributed by atoms with Crippen LogP contribution in [0.1, 0.15) is 56.8 Å². The maximum Gasteiger partial charge on any atom is 0.253 e. The number of aromatic nitrogens is 1. The first-order valence-electron chi connectivity index (χ1n) is 12.0. The van der Waals surface area contributed by atoms with Crippen LogP contribution in [0.15, 0.2) is 36.5 Å². The van der Waals surface area contributed by atoms with Gasteiger partial charge in [-0.1, -0.05) is 17.7 Å². The largest absolute Gasteiger partial charge is 0.338 e. The number of likely N-dealkylation sites (tertiary alicyclic amines) is 1. The molecule has 0 bridgehead atoms. The Kier molecular flexibility index (Phi) is 3.85. The number of piperidine rings is 1. The molecule has 2 aromatic rings. The van der Waals surface area contributed by atoms with E-state index in [4.69, 9.17) is 21.2 Å². The molecule has 1 aliphatic rings. The molecule has 1 saturated heterocycles. The highest BCUT2D eigenvalue weighted by atomic mass is 35.5. The Morgan fingerprint density at radius 3 is 2.78 bits per heavy atom. The van der Waals surface area contributed by atoms with E-state index >= 15 is 4.39 Å². The number of benzene rings is 1. The van der Waals surface area contributed by atoms with Crippen LogP contribution in [-0.4, -0.2) is 34.5 Å². The van der Waals surface area contributed by atoms with Crippen molar-refractivity contribution in [3.8, 4) is 0 Å². The summed E-state index contributed by atoms with van der Waals surface area (Å²) in [6.45, 7) is -3.68. The fraction of sp³-hybridized carbons (Fsp3) is 0.429. The molecule has 1 aromatic carbocycles. The van der Waals surface area contributed by atoms with Crippen molar-refractivity contribution in [2.24, 2.45) is 0 Å². The summed E-state index contributed by atoms with van der Waals surface area (Å²) in [5.74, 6) is -1.52. The molecular weight excluding hydrogens is 370 g/mol. The second kappa shape index (κ2) is 8.34. The van der Waals surface area contributed by atoms with Gasteiger partial charge in [-0.2, -0.15) is 0 Å². The highest BCUT2D eigenvalue weighted by Crippen LogP contribution is 2.32. The lowest BCUT2D eigenvalue weighted by molar-refractivity contribution is 0.0389. The van der Waals surface area contributed by atoms with E-state index in [1.807, 2.05) is 0 Å². The number of amides is 1. The van der Waals surface area contributed by atoms with Crippen LogP contribution in [0, 0.1) is 12.7 Å². The zero-order valence-electron chi connectivity index (χ0n) is 21.4. The Bertz CT molecular complexity index is 1050. The van der Waals surface area contributed by atoms with E-state index in [1.54, 1.807) is 0 Å². The van der Waals surface area contributed by atoms with Crippen LogP contribution in [0.3, 0.4) is 0 Å². The SMILES string of the molecule is [2H]C([2H])([2H])c1ccc(CCCC2(F)C([2H])([2H])CN(C(=O)c3ccc(F)c(Cl)c3)CC2([2H])[2H])nc1. The Labute approximate surface area is 173 Å². The van der Waals surface area contributed by atoms with Crippen LogP contribution in [-0.2, 0) is 6.42 Å². The molecule has 0 N–H and O–H groups in total. The van der Waals surface area contributed by atoms with Crippen molar-refractivity contribution in [1.82, 2.24) is 9.88 Å². The number of rotatable bonds is 5. The lowest BCUT2D eigenvalue weighted by atomic mass is 9.87. The average molecular weight is 400 g/mol. The summed E-state index contributed by atoms with van der Waals surface area (Å²) in [5, 5.41) is -0.311. The Morgan fingerprint density at radius 1 is 1.37 bits per heavy atom. The zero-order valence-corrected chi connectivity index (χ0v) is 15.2. The van der Waals surface area contributed by atoms with Gasteiger partial charge in [0.25, 0.3) is 5.91 Å². The summed E-state index contributed by atoms with van der Waals surface area (Å²) in [6.07, 6.45) is -4.45. The number of carbonyl (C=O) groups excluding carboxylic acids is 1. The third kappa shape index (κ3) is 5.04. The first kappa shape index (κ1) is 12.4. The van der Waals surface area contributed by atoms with Gasteiger partial charge in [-0.3, -0.25) is 9.78 Å². The molecule has 1 amide bonds. The molecule has 1 aromatic heterocycles. The minimum atomic E-state index is -2.89. The van der Waals surface area contributed by atoms with Crippen molar-refractivity contribution in [1.29, 1.82) is 0 Å². The van der Waals surface area contributed by atoms with Crippen molar-refractivity contribution in [2.45, 2.75) is 44.5 Å². The van der Waals surface area contributed by atoms with Crippen molar-refractivity contribution in [3.05, 3.63) is 64.2 Å². The van der Waals surface area contributed by atoms with E-state index in [0.717, 1.165) is 23.1 Å². The molecule has 0 spiro atoms. The molecule has 0 saturated carbocycles. The zero-order chi connectivity index (χ0) is 25.5. The standard InChI is InChI=1S/C21H23ClF2N2O/c1-15-4-6-17(25-14-15)3-2-8-21(24)9-11-26(12-10-21)20(27)16-5-7-19(23)18(22)13-16/h4-7,13-14H,2-3,8-12H2,1H3/i1D3,9D2,10D2. The normalized spacial score (nSPS) is 24.4. The fourth-order valence-corrected chi connectivity index (χ4v) is 2.96. The summed E-state index contributed by atoms with van der Waals surface area (Å²) in [4.78, 5) is 17.7. The van der Waals surface area contributed by atoms with Gasteiger partial charge >= 0.3 is 0 Å². The van der Waals surface area contributed by atoms with Crippen LogP contribution in [0.4, 0.5) is 8.78 Å². The second-order valence-electron chi connectivity index (χ2n) is 6.34. The summed E-state index contributed by atoms with van der Waals surface area (Å²) >= 11 is 5.71. The minimum absolute atomic E-state index is 0.0527. The Hall–Kier alpha value is -2.01. The first-order chi connectivity index (χ1) is 15.6. The maximum atomic E-state index is 16.0. The number of carbonyl (C=O) groups is 1. The molecule has 1 fully saturated rings. The van der Waals surface area contributed by atoms with Gasteiger partial charge in [-0.15, -0.1) is 0 Å². The van der Waals surface area contributed by atoms with Crippen LogP contribution < -0.4 is 0 Å². The molecule has 6 heteroatoms. The number of pyridine rings is 1. The van der Waals surface area contributed by atoms with Crippen molar-refractivity contribution in [2.75, 3.05) is 13.1 Å². The predicted octanol–water partition coefficient (Wildman–Crippen LogP) is 5.15. The molecule has 2 heterocycles. The molecular formula is C21H23ClF2N2O. The summed E-state index contributed by atoms with van der Waals surface area (Å²) < 4.78 is 84.5. The fourth-order valence-electron chi connectivity index (χ4n) is 2.78. The molecule has 3 rings (SSSR count). The van der Waals surface area contributed by atoms with Crippen LogP contribution >= 0.6 is 11.6 Å². The summed E-state index contributed by atoms with van der Waals surface area (Å²) in [5.41, 5.74) is -2.42. The predicted molar refractivity (Wildman–Crippen MR) is 102 cm³/mol. The minimum Gasteiger partial charge on any atom is -0.338 e. The number of halogens is 3. The molecule has 0 aliphatic carbocycles. The van der Waals surface area contributed by atoms with E-state index < -0.39 is 56.5 Å². The van der Waals surface area contributed by atoms with Gasteiger partial charge in [-0.25, -0.2) is 8.78 Å². The smallest absolute Gasteiger partial charge is 0.253 e. The van der Waals surface area contributed by atoms with Gasteiger partial charge in [0, 0.05) is 40.1 Å². The van der Waals surface area contributed by atoms with Crippen LogP contribution in [0.25, 0.3) is 0 Å². The number of nitrogens with zero attached hydrogens (tertiary/aromatic N) is 2.